The van der Waals surface area contributed by atoms with Crippen molar-refractivity contribution in [1.29, 1.82) is 0 Å². The van der Waals surface area contributed by atoms with Gasteiger partial charge in [-0.3, -0.25) is 0 Å². The topological polar surface area (TPSA) is 39.1 Å². The molecule has 1 rings (SSSR count). The molecule has 0 aliphatic rings. The predicted octanol–water partition coefficient (Wildman–Crippen LogP) is 2.37. The van der Waals surface area contributed by atoms with E-state index in [4.69, 9.17) is 4.74 Å². The van der Waals surface area contributed by atoms with Crippen molar-refractivity contribution in [2.45, 2.75) is 46.2 Å². The minimum absolute atomic E-state index is 0.298. The third-order valence-electron chi connectivity index (χ3n) is 2.75. The molecule has 1 N–H and O–H groups in total. The third kappa shape index (κ3) is 4.48. The summed E-state index contributed by atoms with van der Waals surface area (Å²) in [7, 11) is 0. The summed E-state index contributed by atoms with van der Waals surface area (Å²) >= 11 is 0. The molecule has 1 atom stereocenters. The number of ether oxygens (including phenoxy) is 1. The summed E-state index contributed by atoms with van der Waals surface area (Å²) in [5.41, 5.74) is 0. The maximum absolute atomic E-state index is 5.55. The number of imidazole rings is 1. The Morgan fingerprint density at radius 2 is 2.18 bits per heavy atom. The molecule has 4 heteroatoms. The molecule has 0 fully saturated rings. The molecule has 0 aliphatic heterocycles. The maximum atomic E-state index is 5.55. The van der Waals surface area contributed by atoms with Gasteiger partial charge in [0.1, 0.15) is 5.82 Å². The monoisotopic (exact) mass is 239 g/mol. The van der Waals surface area contributed by atoms with Crippen LogP contribution in [0.1, 0.15) is 45.5 Å². The largest absolute Gasteiger partial charge is 0.381 e. The van der Waals surface area contributed by atoms with Gasteiger partial charge in [-0.2, -0.15) is 0 Å². The van der Waals surface area contributed by atoms with Gasteiger partial charge in [0.15, 0.2) is 0 Å². The second-order valence-electron chi connectivity index (χ2n) is 4.08. The first-order chi connectivity index (χ1) is 8.33. The van der Waals surface area contributed by atoms with Crippen molar-refractivity contribution in [3.63, 3.8) is 0 Å². The Kier molecular flexibility index (Phi) is 6.89. The fourth-order valence-corrected chi connectivity index (χ4v) is 1.91. The zero-order valence-corrected chi connectivity index (χ0v) is 11.3. The van der Waals surface area contributed by atoms with Crippen LogP contribution in [0.3, 0.4) is 0 Å². The average Bonchev–Trinajstić information content (AvgIpc) is 2.81. The number of hydrogen-bond acceptors (Lipinski definition) is 3. The highest BCUT2D eigenvalue weighted by molar-refractivity contribution is 4.99. The van der Waals surface area contributed by atoms with Crippen molar-refractivity contribution in [1.82, 2.24) is 14.9 Å². The fraction of sp³-hybridized carbons (Fsp3) is 0.769. The van der Waals surface area contributed by atoms with Gasteiger partial charge in [-0.1, -0.05) is 13.8 Å². The zero-order valence-electron chi connectivity index (χ0n) is 11.3. The van der Waals surface area contributed by atoms with Gasteiger partial charge < -0.3 is 14.6 Å². The summed E-state index contributed by atoms with van der Waals surface area (Å²) in [6, 6.07) is 0.298. The zero-order chi connectivity index (χ0) is 12.5. The van der Waals surface area contributed by atoms with Crippen LogP contribution in [0, 0.1) is 0 Å². The molecular formula is C13H25N3O. The number of hydrogen-bond donors (Lipinski definition) is 1. The fourth-order valence-electron chi connectivity index (χ4n) is 1.91. The van der Waals surface area contributed by atoms with Crippen molar-refractivity contribution in [3.05, 3.63) is 18.2 Å². The van der Waals surface area contributed by atoms with Gasteiger partial charge in [-0.15, -0.1) is 0 Å². The van der Waals surface area contributed by atoms with E-state index in [2.05, 4.69) is 35.6 Å². The standard InChI is InChI=1S/C13H25N3O/c1-4-10-17-11-7-12(14-5-2)13-15-8-9-16(13)6-3/h8-9,12,14H,4-7,10-11H2,1-3H3. The van der Waals surface area contributed by atoms with Crippen molar-refractivity contribution in [2.75, 3.05) is 19.8 Å². The Hall–Kier alpha value is -0.870. The lowest BCUT2D eigenvalue weighted by molar-refractivity contribution is 0.123. The van der Waals surface area contributed by atoms with E-state index < -0.39 is 0 Å². The molecule has 0 saturated carbocycles. The van der Waals surface area contributed by atoms with Crippen molar-refractivity contribution < 1.29 is 4.74 Å². The lowest BCUT2D eigenvalue weighted by atomic mass is 10.2. The summed E-state index contributed by atoms with van der Waals surface area (Å²) in [4.78, 5) is 4.45. The van der Waals surface area contributed by atoms with Crippen LogP contribution >= 0.6 is 0 Å². The summed E-state index contributed by atoms with van der Waals surface area (Å²) in [6.07, 6.45) is 5.96. The molecule has 0 aliphatic carbocycles. The summed E-state index contributed by atoms with van der Waals surface area (Å²) < 4.78 is 7.74. The Bertz CT molecular complexity index is 299. The van der Waals surface area contributed by atoms with E-state index in [-0.39, 0.29) is 0 Å². The first-order valence-electron chi connectivity index (χ1n) is 6.65. The summed E-state index contributed by atoms with van der Waals surface area (Å²) in [5.74, 6) is 1.12. The van der Waals surface area contributed by atoms with E-state index in [1.807, 2.05) is 12.4 Å². The van der Waals surface area contributed by atoms with Crippen LogP contribution in [0.5, 0.6) is 0 Å². The molecule has 17 heavy (non-hydrogen) atoms. The van der Waals surface area contributed by atoms with Gasteiger partial charge in [0.25, 0.3) is 0 Å². The molecule has 0 spiro atoms. The number of rotatable bonds is 9. The average molecular weight is 239 g/mol. The molecule has 0 radical (unpaired) electrons. The van der Waals surface area contributed by atoms with Crippen LogP contribution in [0.15, 0.2) is 12.4 Å². The molecule has 1 heterocycles. The quantitative estimate of drug-likeness (QED) is 0.672. The number of nitrogens with one attached hydrogen (secondary N) is 1. The Morgan fingerprint density at radius 3 is 2.82 bits per heavy atom. The second-order valence-corrected chi connectivity index (χ2v) is 4.08. The molecule has 1 aromatic rings. The number of nitrogens with zero attached hydrogens (tertiary/aromatic N) is 2. The first-order valence-corrected chi connectivity index (χ1v) is 6.65. The third-order valence-corrected chi connectivity index (χ3v) is 2.75. The maximum Gasteiger partial charge on any atom is 0.125 e. The lowest BCUT2D eigenvalue weighted by Gasteiger charge is -2.18. The van der Waals surface area contributed by atoms with Crippen LogP contribution in [0.25, 0.3) is 0 Å². The molecule has 0 aromatic carbocycles. The molecule has 1 unspecified atom stereocenters. The molecule has 4 nitrogen and oxygen atoms in total. The Morgan fingerprint density at radius 1 is 1.35 bits per heavy atom. The van der Waals surface area contributed by atoms with Crippen LogP contribution in [-0.2, 0) is 11.3 Å². The van der Waals surface area contributed by atoms with Crippen LogP contribution in [0.4, 0.5) is 0 Å². The molecule has 0 bridgehead atoms. The van der Waals surface area contributed by atoms with Gasteiger partial charge in [0, 0.05) is 32.2 Å². The normalized spacial score (nSPS) is 12.9. The number of aryl methyl sites for hydroxylation is 1. The van der Waals surface area contributed by atoms with Gasteiger partial charge in [0.05, 0.1) is 6.04 Å². The highest BCUT2D eigenvalue weighted by atomic mass is 16.5. The number of aromatic nitrogens is 2. The molecule has 1 aromatic heterocycles. The minimum atomic E-state index is 0.298. The predicted molar refractivity (Wildman–Crippen MR) is 70.0 cm³/mol. The lowest BCUT2D eigenvalue weighted by Crippen LogP contribution is -2.25. The van der Waals surface area contributed by atoms with Gasteiger partial charge in [0.2, 0.25) is 0 Å². The van der Waals surface area contributed by atoms with Crippen LogP contribution in [-0.4, -0.2) is 29.3 Å². The van der Waals surface area contributed by atoms with Gasteiger partial charge in [-0.25, -0.2) is 4.98 Å². The van der Waals surface area contributed by atoms with E-state index >= 15 is 0 Å². The SMILES string of the molecule is CCCOCCC(NCC)c1nccn1CC. The van der Waals surface area contributed by atoms with Crippen molar-refractivity contribution >= 4 is 0 Å². The van der Waals surface area contributed by atoms with Crippen LogP contribution in [0.2, 0.25) is 0 Å². The highest BCUT2D eigenvalue weighted by Gasteiger charge is 2.14. The molecule has 0 amide bonds. The molecule has 98 valence electrons. The van der Waals surface area contributed by atoms with Crippen LogP contribution < -0.4 is 5.32 Å². The van der Waals surface area contributed by atoms with Crippen molar-refractivity contribution in [2.24, 2.45) is 0 Å². The Balaban J connectivity index is 2.52. The Labute approximate surface area is 104 Å². The van der Waals surface area contributed by atoms with Gasteiger partial charge in [-0.05, 0) is 26.3 Å². The molecular weight excluding hydrogens is 214 g/mol. The first kappa shape index (κ1) is 14.2. The molecule has 0 saturated heterocycles. The van der Waals surface area contributed by atoms with Crippen molar-refractivity contribution in [3.8, 4) is 0 Å². The van der Waals surface area contributed by atoms with Gasteiger partial charge >= 0.3 is 0 Å². The smallest absolute Gasteiger partial charge is 0.125 e. The minimum Gasteiger partial charge on any atom is -0.381 e. The summed E-state index contributed by atoms with van der Waals surface area (Å²) in [5, 5.41) is 3.47. The second kappa shape index (κ2) is 8.25. The highest BCUT2D eigenvalue weighted by Crippen LogP contribution is 2.15. The van der Waals surface area contributed by atoms with E-state index in [9.17, 15) is 0 Å². The van der Waals surface area contributed by atoms with E-state index in [0.29, 0.717) is 6.04 Å². The van der Waals surface area contributed by atoms with E-state index in [1.165, 1.54) is 0 Å². The summed E-state index contributed by atoms with van der Waals surface area (Å²) in [6.45, 7) is 9.96. The van der Waals surface area contributed by atoms with E-state index in [0.717, 1.165) is 45.0 Å². The van der Waals surface area contributed by atoms with E-state index in [1.54, 1.807) is 0 Å².